The van der Waals surface area contributed by atoms with Gasteiger partial charge in [-0.05, 0) is 63.8 Å². The molecule has 190 valence electrons. The smallest absolute Gasteiger partial charge is 0.337 e. The number of aromatic nitrogens is 2. The van der Waals surface area contributed by atoms with Crippen molar-refractivity contribution >= 4 is 40.3 Å². The third-order valence-corrected chi connectivity index (χ3v) is 7.34. The number of hydrogen-bond donors (Lipinski definition) is 2. The first-order valence-electron chi connectivity index (χ1n) is 12.0. The Morgan fingerprint density at radius 3 is 2.58 bits per heavy atom. The molecule has 5 rings (SSSR count). The average molecular weight is 512 g/mol. The van der Waals surface area contributed by atoms with Gasteiger partial charge in [0, 0.05) is 53.2 Å². The van der Waals surface area contributed by atoms with Gasteiger partial charge in [0.15, 0.2) is 0 Å². The average Bonchev–Trinajstić information content (AvgIpc) is 3.15. The summed E-state index contributed by atoms with van der Waals surface area (Å²) in [4.78, 5) is 33.6. The predicted octanol–water partition coefficient (Wildman–Crippen LogP) is 5.54. The molecule has 1 saturated carbocycles. The minimum atomic E-state index is -1.01. The maximum absolute atomic E-state index is 12.1. The summed E-state index contributed by atoms with van der Waals surface area (Å²) in [5.74, 6) is 0.506. The van der Waals surface area contributed by atoms with Crippen LogP contribution in [0.3, 0.4) is 0 Å². The van der Waals surface area contributed by atoms with E-state index in [2.05, 4.69) is 9.88 Å². The number of pyridine rings is 1. The van der Waals surface area contributed by atoms with Crippen molar-refractivity contribution in [2.45, 2.75) is 45.6 Å². The molecule has 8 nitrogen and oxygen atoms in total. The number of benzene rings is 1. The first kappa shape index (κ1) is 24.4. The van der Waals surface area contributed by atoms with E-state index in [0.717, 1.165) is 31.7 Å². The zero-order valence-electron chi connectivity index (χ0n) is 20.9. The quantitative estimate of drug-likeness (QED) is 0.419. The van der Waals surface area contributed by atoms with E-state index in [1.54, 1.807) is 19.2 Å². The third-order valence-electron chi connectivity index (χ3n) is 7.02. The van der Waals surface area contributed by atoms with E-state index in [9.17, 15) is 14.7 Å². The normalized spacial score (nSPS) is 17.1. The number of rotatable bonds is 6. The Labute approximate surface area is 214 Å². The molecule has 1 aliphatic carbocycles. The van der Waals surface area contributed by atoms with Crippen LogP contribution in [-0.2, 0) is 9.53 Å². The number of methoxy groups -OCH3 is 1. The highest BCUT2D eigenvalue weighted by Crippen LogP contribution is 2.54. The van der Waals surface area contributed by atoms with Gasteiger partial charge in [-0.15, -0.1) is 0 Å². The molecule has 1 saturated heterocycles. The van der Waals surface area contributed by atoms with Crippen molar-refractivity contribution < 1.29 is 24.2 Å². The first-order chi connectivity index (χ1) is 17.0. The molecule has 0 atom stereocenters. The van der Waals surface area contributed by atoms with E-state index in [-0.39, 0.29) is 16.9 Å². The van der Waals surface area contributed by atoms with Crippen molar-refractivity contribution in [3.8, 4) is 17.0 Å². The number of esters is 1. The number of carbonyl (C=O) groups is 2. The molecule has 3 aromatic rings. The van der Waals surface area contributed by atoms with Gasteiger partial charge in [-0.1, -0.05) is 11.6 Å². The van der Waals surface area contributed by atoms with Crippen LogP contribution in [0.5, 0.6) is 5.88 Å². The summed E-state index contributed by atoms with van der Waals surface area (Å²) in [6.07, 6.45) is 3.99. The van der Waals surface area contributed by atoms with Gasteiger partial charge in [0.25, 0.3) is 0 Å². The van der Waals surface area contributed by atoms with Crippen LogP contribution in [0.2, 0.25) is 5.02 Å². The number of nitrogens with one attached hydrogen (secondary N) is 1. The molecule has 0 amide bonds. The Morgan fingerprint density at radius 2 is 1.94 bits per heavy atom. The Morgan fingerprint density at radius 1 is 1.22 bits per heavy atom. The second kappa shape index (κ2) is 8.69. The number of carboxylic acid groups (broad SMARTS) is 1. The molecule has 2 N–H and O–H groups in total. The number of hydrogen-bond acceptors (Lipinski definition) is 6. The topological polar surface area (TPSA) is 105 Å². The number of aromatic carboxylic acids is 1. The summed E-state index contributed by atoms with van der Waals surface area (Å²) in [6.45, 7) is 7.47. The number of nitrogens with zero attached hydrogens (tertiary/aromatic N) is 2. The lowest BCUT2D eigenvalue weighted by Crippen LogP contribution is -2.62. The van der Waals surface area contributed by atoms with Crippen LogP contribution in [0.1, 0.15) is 50.4 Å². The predicted molar refractivity (Wildman–Crippen MR) is 138 cm³/mol. The highest BCUT2D eigenvalue weighted by Gasteiger charge is 2.53. The second-order valence-corrected chi connectivity index (χ2v) is 11.4. The lowest BCUT2D eigenvalue weighted by molar-refractivity contribution is -0.158. The SMILES string of the molecule is COc1nc(N2CC3(CC(CC(=O)OC(C)(C)C)C3)C2)ccc1-c1cc2c(C(=O)O)c[nH]c2cc1Cl. The highest BCUT2D eigenvalue weighted by molar-refractivity contribution is 6.34. The van der Waals surface area contributed by atoms with E-state index < -0.39 is 11.6 Å². The van der Waals surface area contributed by atoms with Crippen LogP contribution in [-0.4, -0.2) is 52.8 Å². The van der Waals surface area contributed by atoms with Gasteiger partial charge in [0.1, 0.15) is 11.4 Å². The van der Waals surface area contributed by atoms with E-state index >= 15 is 0 Å². The van der Waals surface area contributed by atoms with Crippen LogP contribution < -0.4 is 9.64 Å². The number of anilines is 1. The fourth-order valence-corrected chi connectivity index (χ4v) is 5.87. The Kier molecular flexibility index (Phi) is 5.90. The Balaban J connectivity index is 1.28. The molecule has 1 spiro atoms. The van der Waals surface area contributed by atoms with Gasteiger partial charge in [-0.3, -0.25) is 4.79 Å². The molecule has 3 heterocycles. The molecule has 36 heavy (non-hydrogen) atoms. The molecule has 2 fully saturated rings. The second-order valence-electron chi connectivity index (χ2n) is 11.0. The van der Waals surface area contributed by atoms with Gasteiger partial charge < -0.3 is 24.5 Å². The monoisotopic (exact) mass is 511 g/mol. The number of H-pyrrole nitrogens is 1. The van der Waals surface area contributed by atoms with Crippen LogP contribution >= 0.6 is 11.6 Å². The van der Waals surface area contributed by atoms with E-state index in [1.807, 2.05) is 32.9 Å². The number of aromatic amines is 1. The van der Waals surface area contributed by atoms with Crippen molar-refractivity contribution in [1.29, 1.82) is 0 Å². The molecule has 0 radical (unpaired) electrons. The standard InChI is InChI=1S/C27H30ClN3O5/c1-26(2,3)36-23(32)7-15-10-27(11-15)13-31(14-27)22-6-5-16(24(30-22)35-4)17-8-18-19(25(33)34)12-29-21(18)9-20(17)28/h5-6,8-9,12,15,29H,7,10-11,13-14H2,1-4H3,(H,33,34). The maximum Gasteiger partial charge on any atom is 0.337 e. The molecule has 0 bridgehead atoms. The summed E-state index contributed by atoms with van der Waals surface area (Å²) >= 11 is 6.55. The number of halogens is 1. The highest BCUT2D eigenvalue weighted by atomic mass is 35.5. The van der Waals surface area contributed by atoms with Crippen molar-refractivity contribution in [2.75, 3.05) is 25.1 Å². The first-order valence-corrected chi connectivity index (χ1v) is 12.4. The van der Waals surface area contributed by atoms with Crippen LogP contribution in [0.4, 0.5) is 5.82 Å². The van der Waals surface area contributed by atoms with Gasteiger partial charge in [-0.25, -0.2) is 4.79 Å². The summed E-state index contributed by atoms with van der Waals surface area (Å²) < 4.78 is 11.1. The van der Waals surface area contributed by atoms with Crippen molar-refractivity contribution in [3.05, 3.63) is 41.0 Å². The molecule has 1 aromatic carbocycles. The molecule has 2 aliphatic rings. The molecule has 9 heteroatoms. The van der Waals surface area contributed by atoms with Gasteiger partial charge in [0.2, 0.25) is 5.88 Å². The summed E-state index contributed by atoms with van der Waals surface area (Å²) in [5, 5.41) is 10.5. The number of carboxylic acids is 1. The van der Waals surface area contributed by atoms with Crippen LogP contribution in [0.25, 0.3) is 22.0 Å². The Hall–Kier alpha value is -3.26. The van der Waals surface area contributed by atoms with E-state index in [0.29, 0.717) is 45.3 Å². The lowest BCUT2D eigenvalue weighted by Gasteiger charge is -2.59. The van der Waals surface area contributed by atoms with Gasteiger partial charge in [0.05, 0.1) is 17.7 Å². The minimum absolute atomic E-state index is 0.118. The van der Waals surface area contributed by atoms with E-state index in [4.69, 9.17) is 26.1 Å². The molecular formula is C27H30ClN3O5. The maximum atomic E-state index is 12.1. The van der Waals surface area contributed by atoms with Crippen molar-refractivity contribution in [1.82, 2.24) is 9.97 Å². The number of ether oxygens (including phenoxy) is 2. The molecule has 1 aliphatic heterocycles. The van der Waals surface area contributed by atoms with Gasteiger partial charge in [-0.2, -0.15) is 4.98 Å². The zero-order valence-corrected chi connectivity index (χ0v) is 21.6. The van der Waals surface area contributed by atoms with E-state index in [1.165, 1.54) is 6.20 Å². The number of fused-ring (bicyclic) bond motifs is 1. The third kappa shape index (κ3) is 4.50. The van der Waals surface area contributed by atoms with Crippen LogP contribution in [0.15, 0.2) is 30.5 Å². The fraction of sp³-hybridized carbons (Fsp3) is 0.444. The summed E-state index contributed by atoms with van der Waals surface area (Å²) in [5.41, 5.74) is 1.99. The minimum Gasteiger partial charge on any atom is -0.480 e. The van der Waals surface area contributed by atoms with Gasteiger partial charge >= 0.3 is 11.9 Å². The lowest BCUT2D eigenvalue weighted by atomic mass is 9.57. The number of carbonyl (C=O) groups excluding carboxylic acids is 1. The Bertz CT molecular complexity index is 1350. The zero-order chi connectivity index (χ0) is 25.8. The molecule has 2 aromatic heterocycles. The molecular weight excluding hydrogens is 482 g/mol. The molecule has 0 unspecified atom stereocenters. The fourth-order valence-electron chi connectivity index (χ4n) is 5.61. The summed E-state index contributed by atoms with van der Waals surface area (Å²) in [6, 6.07) is 7.33. The largest absolute Gasteiger partial charge is 0.480 e. The van der Waals surface area contributed by atoms with Crippen molar-refractivity contribution in [2.24, 2.45) is 11.3 Å². The van der Waals surface area contributed by atoms with Crippen LogP contribution in [0, 0.1) is 11.3 Å². The van der Waals surface area contributed by atoms with Crippen molar-refractivity contribution in [3.63, 3.8) is 0 Å². The summed E-state index contributed by atoms with van der Waals surface area (Å²) in [7, 11) is 1.56.